The zero-order valence-electron chi connectivity index (χ0n) is 13.3. The molecule has 24 heavy (non-hydrogen) atoms. The second kappa shape index (κ2) is 7.53. The molecule has 1 aliphatic carbocycles. The van der Waals surface area contributed by atoms with Crippen LogP contribution in [0.15, 0.2) is 24.5 Å². The average Bonchev–Trinajstić information content (AvgIpc) is 2.56. The molecule has 2 heterocycles. The Balaban J connectivity index is 1.62. The van der Waals surface area contributed by atoms with E-state index in [1.165, 1.54) is 6.92 Å². The molecule has 126 valence electrons. The van der Waals surface area contributed by atoms with Crippen LogP contribution in [0.5, 0.6) is 0 Å². The molecule has 0 unspecified atom stereocenters. The van der Waals surface area contributed by atoms with E-state index >= 15 is 0 Å². The quantitative estimate of drug-likeness (QED) is 0.671. The van der Waals surface area contributed by atoms with Crippen LogP contribution in [0.25, 0.3) is 11.5 Å². The minimum Gasteiger partial charge on any atom is -0.463 e. The number of esters is 1. The summed E-state index contributed by atoms with van der Waals surface area (Å²) in [6.07, 6.45) is 6.77. The summed E-state index contributed by atoms with van der Waals surface area (Å²) < 4.78 is 5.25. The molecule has 2 aromatic heterocycles. The van der Waals surface area contributed by atoms with Crippen LogP contribution in [0, 0.1) is 0 Å². The Bertz CT molecular complexity index is 719. The maximum absolute atomic E-state index is 11.0. The number of aromatic nitrogens is 4. The van der Waals surface area contributed by atoms with Crippen LogP contribution in [-0.4, -0.2) is 38.1 Å². The van der Waals surface area contributed by atoms with Crippen LogP contribution in [-0.2, 0) is 9.53 Å². The molecule has 7 nitrogen and oxygen atoms in total. The van der Waals surface area contributed by atoms with E-state index < -0.39 is 0 Å². The molecule has 0 aliphatic heterocycles. The van der Waals surface area contributed by atoms with Gasteiger partial charge in [0.2, 0.25) is 5.95 Å². The average molecular weight is 348 g/mol. The first-order chi connectivity index (χ1) is 11.6. The van der Waals surface area contributed by atoms with E-state index in [9.17, 15) is 4.79 Å². The Hall–Kier alpha value is -2.28. The molecule has 2 aromatic rings. The Labute approximate surface area is 144 Å². The number of nitrogens with zero attached hydrogens (tertiary/aromatic N) is 4. The first kappa shape index (κ1) is 16.6. The highest BCUT2D eigenvalue weighted by molar-refractivity contribution is 6.29. The van der Waals surface area contributed by atoms with E-state index in [0.29, 0.717) is 22.6 Å². The Kier molecular flexibility index (Phi) is 5.20. The second-order valence-electron chi connectivity index (χ2n) is 5.70. The molecule has 1 saturated carbocycles. The van der Waals surface area contributed by atoms with Crippen molar-refractivity contribution in [1.29, 1.82) is 0 Å². The number of nitrogens with one attached hydrogen (secondary N) is 1. The lowest BCUT2D eigenvalue weighted by atomic mass is 9.93. The van der Waals surface area contributed by atoms with Crippen molar-refractivity contribution < 1.29 is 9.53 Å². The van der Waals surface area contributed by atoms with E-state index in [-0.39, 0.29) is 18.1 Å². The van der Waals surface area contributed by atoms with Crippen molar-refractivity contribution in [3.8, 4) is 11.5 Å². The summed E-state index contributed by atoms with van der Waals surface area (Å²) in [6.45, 7) is 1.45. The molecular formula is C16H18ClN5O2. The number of halogens is 1. The monoisotopic (exact) mass is 347 g/mol. The first-order valence-corrected chi connectivity index (χ1v) is 8.23. The predicted molar refractivity (Wildman–Crippen MR) is 89.5 cm³/mol. The maximum atomic E-state index is 11.0. The van der Waals surface area contributed by atoms with Crippen molar-refractivity contribution in [3.63, 3.8) is 0 Å². The zero-order valence-corrected chi connectivity index (χ0v) is 14.0. The molecule has 0 spiro atoms. The van der Waals surface area contributed by atoms with Crippen molar-refractivity contribution in [2.75, 3.05) is 5.32 Å². The molecule has 0 amide bonds. The van der Waals surface area contributed by atoms with Gasteiger partial charge in [0, 0.05) is 25.4 Å². The van der Waals surface area contributed by atoms with Crippen LogP contribution >= 0.6 is 11.6 Å². The van der Waals surface area contributed by atoms with Gasteiger partial charge in [0.15, 0.2) is 5.82 Å². The van der Waals surface area contributed by atoms with Crippen molar-refractivity contribution in [2.24, 2.45) is 0 Å². The zero-order chi connectivity index (χ0) is 16.9. The third kappa shape index (κ3) is 4.38. The van der Waals surface area contributed by atoms with Crippen molar-refractivity contribution in [3.05, 3.63) is 29.7 Å². The van der Waals surface area contributed by atoms with Gasteiger partial charge in [-0.2, -0.15) is 0 Å². The van der Waals surface area contributed by atoms with Crippen LogP contribution in [0.2, 0.25) is 5.15 Å². The Morgan fingerprint density at radius 3 is 2.62 bits per heavy atom. The highest BCUT2D eigenvalue weighted by Gasteiger charge is 2.23. The molecule has 1 aliphatic rings. The summed E-state index contributed by atoms with van der Waals surface area (Å²) in [5.74, 6) is 0.780. The van der Waals surface area contributed by atoms with E-state index in [0.717, 1.165) is 25.7 Å². The molecule has 8 heteroatoms. The van der Waals surface area contributed by atoms with E-state index in [1.54, 1.807) is 24.5 Å². The predicted octanol–water partition coefficient (Wildman–Crippen LogP) is 2.87. The maximum Gasteiger partial charge on any atom is 0.302 e. The normalized spacial score (nSPS) is 20.4. The summed E-state index contributed by atoms with van der Waals surface area (Å²) in [6, 6.07) is 3.62. The molecule has 1 fully saturated rings. The fourth-order valence-corrected chi connectivity index (χ4v) is 2.89. The highest BCUT2D eigenvalue weighted by atomic mass is 35.5. The standard InChI is InChI=1S/C16H18ClN5O2/c1-10(23)24-12-4-2-11(3-5-12)20-16-19-8-6-13(21-16)15-18-9-7-14(17)22-15/h6-9,11-12H,2-5H2,1H3,(H,19,20,21)/t11-,12+. The van der Waals surface area contributed by atoms with Crippen LogP contribution < -0.4 is 5.32 Å². The summed E-state index contributed by atoms with van der Waals surface area (Å²) in [5, 5.41) is 3.70. The summed E-state index contributed by atoms with van der Waals surface area (Å²) >= 11 is 5.89. The van der Waals surface area contributed by atoms with E-state index in [1.807, 2.05) is 0 Å². The molecule has 0 bridgehead atoms. The van der Waals surface area contributed by atoms with Crippen LogP contribution in [0.3, 0.4) is 0 Å². The number of carbonyl (C=O) groups excluding carboxylic acids is 1. The van der Waals surface area contributed by atoms with E-state index in [4.69, 9.17) is 16.3 Å². The van der Waals surface area contributed by atoms with Crippen LogP contribution in [0.1, 0.15) is 32.6 Å². The number of ether oxygens (including phenoxy) is 1. The van der Waals surface area contributed by atoms with Gasteiger partial charge in [-0.15, -0.1) is 0 Å². The molecule has 0 aromatic carbocycles. The van der Waals surface area contributed by atoms with Crippen molar-refractivity contribution in [1.82, 2.24) is 19.9 Å². The molecule has 1 N–H and O–H groups in total. The van der Waals surface area contributed by atoms with Crippen molar-refractivity contribution in [2.45, 2.75) is 44.8 Å². The lowest BCUT2D eigenvalue weighted by Crippen LogP contribution is -2.31. The lowest BCUT2D eigenvalue weighted by Gasteiger charge is -2.28. The number of hydrogen-bond acceptors (Lipinski definition) is 7. The number of rotatable bonds is 4. The van der Waals surface area contributed by atoms with Crippen LogP contribution in [0.4, 0.5) is 5.95 Å². The Morgan fingerprint density at radius 1 is 1.17 bits per heavy atom. The van der Waals surface area contributed by atoms with Gasteiger partial charge >= 0.3 is 5.97 Å². The fourth-order valence-electron chi connectivity index (χ4n) is 2.76. The third-order valence-electron chi connectivity index (χ3n) is 3.85. The van der Waals surface area contributed by atoms with Gasteiger partial charge in [-0.25, -0.2) is 19.9 Å². The van der Waals surface area contributed by atoms with Gasteiger partial charge in [-0.05, 0) is 37.8 Å². The number of carbonyl (C=O) groups is 1. The van der Waals surface area contributed by atoms with Gasteiger partial charge in [-0.1, -0.05) is 11.6 Å². The number of anilines is 1. The minimum atomic E-state index is -0.219. The van der Waals surface area contributed by atoms with E-state index in [2.05, 4.69) is 25.3 Å². The summed E-state index contributed by atoms with van der Waals surface area (Å²) in [4.78, 5) is 28.0. The third-order valence-corrected chi connectivity index (χ3v) is 4.06. The second-order valence-corrected chi connectivity index (χ2v) is 6.08. The minimum absolute atomic E-state index is 0.0210. The van der Waals surface area contributed by atoms with Gasteiger partial charge in [-0.3, -0.25) is 4.79 Å². The molecule has 0 atom stereocenters. The topological polar surface area (TPSA) is 89.9 Å². The Morgan fingerprint density at radius 2 is 1.92 bits per heavy atom. The molecule has 0 saturated heterocycles. The van der Waals surface area contributed by atoms with Gasteiger partial charge < -0.3 is 10.1 Å². The van der Waals surface area contributed by atoms with Gasteiger partial charge in [0.05, 0.1) is 0 Å². The van der Waals surface area contributed by atoms with Crippen molar-refractivity contribution >= 4 is 23.5 Å². The van der Waals surface area contributed by atoms with Gasteiger partial charge in [0.1, 0.15) is 17.0 Å². The number of hydrogen-bond donors (Lipinski definition) is 1. The molecule has 0 radical (unpaired) electrons. The SMILES string of the molecule is CC(=O)O[C@H]1CC[C@@H](Nc2nccc(-c3nccc(Cl)n3)n2)CC1. The smallest absolute Gasteiger partial charge is 0.302 e. The first-order valence-electron chi connectivity index (χ1n) is 7.86. The highest BCUT2D eigenvalue weighted by Crippen LogP contribution is 2.24. The fraction of sp³-hybridized carbons (Fsp3) is 0.438. The lowest BCUT2D eigenvalue weighted by molar-refractivity contribution is -0.147. The summed E-state index contributed by atoms with van der Waals surface area (Å²) in [5.41, 5.74) is 0.614. The summed E-state index contributed by atoms with van der Waals surface area (Å²) in [7, 11) is 0. The molecule has 3 rings (SSSR count). The largest absolute Gasteiger partial charge is 0.463 e. The van der Waals surface area contributed by atoms with Gasteiger partial charge in [0.25, 0.3) is 0 Å². The molecular weight excluding hydrogens is 330 g/mol.